The highest BCUT2D eigenvalue weighted by atomic mass is 16.5. The molecule has 3 amide bonds. The van der Waals surface area contributed by atoms with Crippen molar-refractivity contribution in [2.24, 2.45) is 5.73 Å². The molecule has 0 bridgehead atoms. The van der Waals surface area contributed by atoms with Crippen LogP contribution in [0.4, 0.5) is 4.79 Å². The number of carboxylic acids is 1. The highest BCUT2D eigenvalue weighted by Gasteiger charge is 2.28. The molecular formula is C19H34N6O7. The molecule has 0 aliphatic rings. The van der Waals surface area contributed by atoms with Gasteiger partial charge in [-0.3, -0.25) is 4.79 Å². The molecule has 0 saturated carbocycles. The molecule has 13 heteroatoms. The quantitative estimate of drug-likeness (QED) is 0.171. The zero-order valence-corrected chi connectivity index (χ0v) is 18.4. The van der Waals surface area contributed by atoms with Crippen LogP contribution in [-0.4, -0.2) is 68.7 Å². The van der Waals surface area contributed by atoms with Gasteiger partial charge in [0.05, 0.1) is 18.8 Å². The number of hydrogen-bond acceptors (Lipinski definition) is 9. The van der Waals surface area contributed by atoms with Gasteiger partial charge in [-0.05, 0) is 19.8 Å². The van der Waals surface area contributed by atoms with E-state index in [1.54, 1.807) is 0 Å². The minimum atomic E-state index is -1.54. The number of nitrogens with zero attached hydrogens (tertiary/aromatic N) is 2. The summed E-state index contributed by atoms with van der Waals surface area (Å²) >= 11 is 0. The van der Waals surface area contributed by atoms with Crippen LogP contribution in [0.25, 0.3) is 0 Å². The van der Waals surface area contributed by atoms with Crippen LogP contribution in [0.5, 0.6) is 0 Å². The van der Waals surface area contributed by atoms with Gasteiger partial charge in [-0.25, -0.2) is 9.59 Å². The summed E-state index contributed by atoms with van der Waals surface area (Å²) in [6.45, 7) is 3.44. The number of nitrogens with two attached hydrogens (primary N) is 1. The van der Waals surface area contributed by atoms with E-state index in [1.807, 2.05) is 0 Å². The number of unbranched alkanes of at least 4 members (excludes halogenated alkanes) is 3. The van der Waals surface area contributed by atoms with Gasteiger partial charge in [0.15, 0.2) is 11.9 Å². The Bertz CT molecular complexity index is 727. The molecule has 0 radical (unpaired) electrons. The molecule has 2 unspecified atom stereocenters. The molecule has 1 aromatic heterocycles. The van der Waals surface area contributed by atoms with Crippen molar-refractivity contribution in [2.75, 3.05) is 13.2 Å². The summed E-state index contributed by atoms with van der Waals surface area (Å²) < 4.78 is 5.12. The number of aliphatic hydroxyl groups is 2. The number of carbonyl (C=O) groups is 3. The highest BCUT2D eigenvalue weighted by molar-refractivity contribution is 5.83. The third-order valence-electron chi connectivity index (χ3n) is 4.64. The van der Waals surface area contributed by atoms with Gasteiger partial charge in [0.1, 0.15) is 6.04 Å². The summed E-state index contributed by atoms with van der Waals surface area (Å²) in [6, 6.07) is -4.27. The van der Waals surface area contributed by atoms with Crippen molar-refractivity contribution in [3.05, 3.63) is 11.7 Å². The molecule has 1 rings (SSSR count). The van der Waals surface area contributed by atoms with Crippen LogP contribution in [0, 0.1) is 0 Å². The van der Waals surface area contributed by atoms with E-state index in [4.69, 9.17) is 20.5 Å². The van der Waals surface area contributed by atoms with E-state index in [-0.39, 0.29) is 30.5 Å². The number of nitrogens with one attached hydrogen (secondary N) is 3. The van der Waals surface area contributed by atoms with E-state index in [1.165, 1.54) is 6.92 Å². The van der Waals surface area contributed by atoms with Gasteiger partial charge in [-0.15, -0.1) is 0 Å². The predicted octanol–water partition coefficient (Wildman–Crippen LogP) is -0.287. The number of aromatic nitrogens is 2. The van der Waals surface area contributed by atoms with Gasteiger partial charge in [0, 0.05) is 13.0 Å². The van der Waals surface area contributed by atoms with Crippen LogP contribution in [0.15, 0.2) is 4.52 Å². The minimum Gasteiger partial charge on any atom is -0.480 e. The maximum Gasteiger partial charge on any atom is 0.328 e. The average molecular weight is 459 g/mol. The smallest absolute Gasteiger partial charge is 0.328 e. The summed E-state index contributed by atoms with van der Waals surface area (Å²) in [4.78, 5) is 39.7. The second kappa shape index (κ2) is 14.3. The highest BCUT2D eigenvalue weighted by Crippen LogP contribution is 2.18. The predicted molar refractivity (Wildman–Crippen MR) is 112 cm³/mol. The van der Waals surface area contributed by atoms with Crippen molar-refractivity contribution in [1.29, 1.82) is 0 Å². The minimum absolute atomic E-state index is 0.0162. The van der Waals surface area contributed by atoms with Crippen molar-refractivity contribution < 1.29 is 34.2 Å². The lowest BCUT2D eigenvalue weighted by Gasteiger charge is -2.20. The number of amides is 3. The van der Waals surface area contributed by atoms with Gasteiger partial charge >= 0.3 is 12.0 Å². The second-order valence-electron chi connectivity index (χ2n) is 7.46. The first-order valence-electron chi connectivity index (χ1n) is 10.6. The lowest BCUT2D eigenvalue weighted by atomic mass is 10.1. The van der Waals surface area contributed by atoms with Crippen LogP contribution >= 0.6 is 0 Å². The Kier molecular flexibility index (Phi) is 12.2. The first-order valence-corrected chi connectivity index (χ1v) is 10.6. The Hall–Kier alpha value is -2.77. The molecule has 0 saturated heterocycles. The molecule has 0 aromatic carbocycles. The van der Waals surface area contributed by atoms with Crippen molar-refractivity contribution in [1.82, 2.24) is 26.1 Å². The maximum absolute atomic E-state index is 12.3. The van der Waals surface area contributed by atoms with Crippen LogP contribution < -0.4 is 21.7 Å². The molecule has 8 N–H and O–H groups in total. The van der Waals surface area contributed by atoms with Crippen molar-refractivity contribution >= 4 is 17.9 Å². The molecule has 13 nitrogen and oxygen atoms in total. The summed E-state index contributed by atoms with van der Waals surface area (Å²) in [7, 11) is 0. The Morgan fingerprint density at radius 1 is 1.19 bits per heavy atom. The van der Waals surface area contributed by atoms with E-state index in [0.29, 0.717) is 6.54 Å². The number of hydrogen-bond donors (Lipinski definition) is 7. The van der Waals surface area contributed by atoms with Crippen molar-refractivity contribution in [3.8, 4) is 0 Å². The first kappa shape index (κ1) is 27.3. The molecule has 0 aliphatic carbocycles. The lowest BCUT2D eigenvalue weighted by molar-refractivity contribution is -0.141. The number of rotatable bonds is 15. The fraction of sp³-hybridized carbons (Fsp3) is 0.737. The number of aliphatic hydroxyl groups excluding tert-OH is 2. The van der Waals surface area contributed by atoms with Crippen LogP contribution in [0.3, 0.4) is 0 Å². The summed E-state index contributed by atoms with van der Waals surface area (Å²) in [6.07, 6.45) is 2.84. The Labute approximate surface area is 186 Å². The van der Waals surface area contributed by atoms with Crippen LogP contribution in [0.1, 0.15) is 76.2 Å². The fourth-order valence-electron chi connectivity index (χ4n) is 2.75. The summed E-state index contributed by atoms with van der Waals surface area (Å²) in [5.74, 6) is -1.68. The normalized spacial score (nSPS) is 14.8. The molecule has 1 aromatic rings. The van der Waals surface area contributed by atoms with Crippen molar-refractivity contribution in [2.45, 2.75) is 76.6 Å². The zero-order chi connectivity index (χ0) is 24.1. The number of carbonyl (C=O) groups excluding carboxylic acids is 2. The Morgan fingerprint density at radius 2 is 1.91 bits per heavy atom. The third-order valence-corrected chi connectivity index (χ3v) is 4.64. The van der Waals surface area contributed by atoms with E-state index in [9.17, 15) is 19.5 Å². The van der Waals surface area contributed by atoms with Gasteiger partial charge in [-0.1, -0.05) is 31.3 Å². The zero-order valence-electron chi connectivity index (χ0n) is 18.4. The third kappa shape index (κ3) is 9.58. The van der Waals surface area contributed by atoms with E-state index >= 15 is 0 Å². The molecule has 0 aliphatic heterocycles. The molecule has 0 spiro atoms. The van der Waals surface area contributed by atoms with E-state index < -0.39 is 42.8 Å². The molecular weight excluding hydrogens is 424 g/mol. The number of carboxylic acid groups (broad SMARTS) is 1. The monoisotopic (exact) mass is 458 g/mol. The van der Waals surface area contributed by atoms with E-state index in [0.717, 1.165) is 25.7 Å². The molecule has 32 heavy (non-hydrogen) atoms. The number of urea groups is 1. The van der Waals surface area contributed by atoms with E-state index in [2.05, 4.69) is 33.0 Å². The Morgan fingerprint density at radius 3 is 2.50 bits per heavy atom. The lowest BCUT2D eigenvalue weighted by Crippen LogP contribution is -2.51. The fourth-order valence-corrected chi connectivity index (χ4v) is 2.75. The maximum atomic E-state index is 12.3. The van der Waals surface area contributed by atoms with Gasteiger partial charge in [0.2, 0.25) is 11.8 Å². The standard InChI is InChI=1S/C19H34N6O7/c1-3-4-5-6-9-21-14(28)8-7-13(17-24-16(25-32-17)12(20)10-26)22-19(31)23-15(11(2)27)18(29)30/h11-13,15,26-27H,3-10,20H2,1-2H3,(H,21,28)(H,29,30)(H2,22,23,31)/t11?,12-,13+,15?/m0/s1. The molecule has 4 atom stereocenters. The summed E-state index contributed by atoms with van der Waals surface area (Å²) in [5, 5.41) is 38.9. The topological polar surface area (TPSA) is 213 Å². The SMILES string of the molecule is CCCCCCNC(=O)CC[C@@H](NC(=O)NC(C(=O)O)C(C)O)c1nc([C@@H](N)CO)no1. The van der Waals surface area contributed by atoms with Crippen LogP contribution in [-0.2, 0) is 9.59 Å². The largest absolute Gasteiger partial charge is 0.480 e. The first-order chi connectivity index (χ1) is 15.2. The van der Waals surface area contributed by atoms with Crippen molar-refractivity contribution in [3.63, 3.8) is 0 Å². The molecule has 1 heterocycles. The second-order valence-corrected chi connectivity index (χ2v) is 7.46. The number of aliphatic carboxylic acids is 1. The molecule has 0 fully saturated rings. The van der Waals surface area contributed by atoms with Gasteiger partial charge < -0.3 is 41.5 Å². The van der Waals surface area contributed by atoms with Crippen LogP contribution in [0.2, 0.25) is 0 Å². The molecule has 182 valence electrons. The summed E-state index contributed by atoms with van der Waals surface area (Å²) in [5.41, 5.74) is 5.66. The van der Waals surface area contributed by atoms with Gasteiger partial charge in [-0.2, -0.15) is 4.98 Å². The van der Waals surface area contributed by atoms with Gasteiger partial charge in [0.25, 0.3) is 0 Å². The Balaban J connectivity index is 2.78. The average Bonchev–Trinajstić information content (AvgIpc) is 3.23.